The third-order valence-corrected chi connectivity index (χ3v) is 6.41. The maximum atomic E-state index is 13.7. The molecule has 4 aromatic rings. The van der Waals surface area contributed by atoms with Gasteiger partial charge >= 0.3 is 0 Å². The predicted octanol–water partition coefficient (Wildman–Crippen LogP) is 6.03. The maximum Gasteiger partial charge on any atom is 0.235 e. The van der Waals surface area contributed by atoms with Crippen molar-refractivity contribution in [3.8, 4) is 28.6 Å². The van der Waals surface area contributed by atoms with Gasteiger partial charge in [0.05, 0.1) is 5.39 Å². The van der Waals surface area contributed by atoms with Gasteiger partial charge in [-0.25, -0.2) is 0 Å². The lowest BCUT2D eigenvalue weighted by atomic mass is 10.1. The molecule has 1 fully saturated rings. The Kier molecular flexibility index (Phi) is 6.33. The molecule has 3 aromatic carbocycles. The van der Waals surface area contributed by atoms with Crippen molar-refractivity contribution < 1.29 is 18.6 Å². The highest BCUT2D eigenvalue weighted by atomic mass is 35.5. The molecule has 2 unspecified atom stereocenters. The van der Waals surface area contributed by atoms with E-state index in [1.54, 1.807) is 24.3 Å². The molecule has 0 bridgehead atoms. The molecule has 1 aliphatic carbocycles. The predicted molar refractivity (Wildman–Crippen MR) is 141 cm³/mol. The Bertz CT molecular complexity index is 1500. The lowest BCUT2D eigenvalue weighted by Crippen LogP contribution is -2.12. The van der Waals surface area contributed by atoms with Crippen LogP contribution in [0.15, 0.2) is 75.9 Å². The molecule has 6 rings (SSSR count). The van der Waals surface area contributed by atoms with Crippen molar-refractivity contribution in [3.05, 3.63) is 82.5 Å². The number of hydrogen-bond acceptors (Lipinski definition) is 7. The minimum Gasteiger partial charge on any atom is -0.481 e. The zero-order valence-corrected chi connectivity index (χ0v) is 20.4. The van der Waals surface area contributed by atoms with Crippen molar-refractivity contribution in [2.45, 2.75) is 26.0 Å². The first-order chi connectivity index (χ1) is 17.1. The molecule has 184 valence electrons. The van der Waals surface area contributed by atoms with E-state index in [2.05, 4.69) is 5.32 Å². The van der Waals surface area contributed by atoms with E-state index in [1.165, 1.54) is 0 Å². The molecule has 2 aliphatic rings. The van der Waals surface area contributed by atoms with Crippen LogP contribution in [0.3, 0.4) is 0 Å². The van der Waals surface area contributed by atoms with E-state index in [-0.39, 0.29) is 48.9 Å². The van der Waals surface area contributed by atoms with Crippen LogP contribution in [-0.4, -0.2) is 18.5 Å². The van der Waals surface area contributed by atoms with Crippen LogP contribution >= 0.6 is 12.4 Å². The van der Waals surface area contributed by atoms with Gasteiger partial charge in [0.2, 0.25) is 18.0 Å². The average molecular weight is 505 g/mol. The summed E-state index contributed by atoms with van der Waals surface area (Å²) in [7, 11) is 0. The third kappa shape index (κ3) is 4.50. The first-order valence-electron chi connectivity index (χ1n) is 11.6. The van der Waals surface area contributed by atoms with Gasteiger partial charge in [0.1, 0.15) is 12.2 Å². The minimum atomic E-state index is -0.242. The second-order valence-electron chi connectivity index (χ2n) is 8.92. The maximum absolute atomic E-state index is 13.7. The van der Waals surface area contributed by atoms with Crippen LogP contribution in [0.2, 0.25) is 0 Å². The summed E-state index contributed by atoms with van der Waals surface area (Å²) in [6.07, 6.45) is 0.927. The topological polar surface area (TPSA) is 93.8 Å². The van der Waals surface area contributed by atoms with Crippen molar-refractivity contribution >= 4 is 34.8 Å². The van der Waals surface area contributed by atoms with E-state index < -0.39 is 0 Å². The summed E-state index contributed by atoms with van der Waals surface area (Å²) < 4.78 is 23.3. The molecule has 8 heteroatoms. The summed E-state index contributed by atoms with van der Waals surface area (Å²) in [5.74, 6) is 1.99. The van der Waals surface area contributed by atoms with Gasteiger partial charge in [0.15, 0.2) is 17.3 Å². The molecule has 0 amide bonds. The molecule has 2 heterocycles. The number of anilines is 1. The Labute approximate surface area is 213 Å². The normalized spacial score (nSPS) is 17.4. The molecule has 0 radical (unpaired) electrons. The quantitative estimate of drug-likeness (QED) is 0.298. The summed E-state index contributed by atoms with van der Waals surface area (Å²) in [5, 5.41) is 11.7. The van der Waals surface area contributed by atoms with E-state index in [0.717, 1.165) is 17.7 Å². The molecule has 0 saturated heterocycles. The largest absolute Gasteiger partial charge is 0.481 e. The van der Waals surface area contributed by atoms with Gasteiger partial charge < -0.3 is 29.4 Å². The summed E-state index contributed by atoms with van der Waals surface area (Å²) >= 11 is 0. The monoisotopic (exact) mass is 504 g/mol. The van der Waals surface area contributed by atoms with E-state index in [9.17, 15) is 4.79 Å². The standard InChI is InChI=1S/C28H24N2O5.ClH/c1-16(29)20-13-22(20)30-19-8-10-23-21(12-19)26(31)28(32-14-17-5-3-2-4-6-17)27(35-23)18-7-9-24-25(11-18)34-15-33-24;/h2-12,20,22,29-30H,13-15H2,1H3;1H. The number of ether oxygens (including phenoxy) is 3. The van der Waals surface area contributed by atoms with E-state index >= 15 is 0 Å². The summed E-state index contributed by atoms with van der Waals surface area (Å²) in [4.78, 5) is 13.7. The fourth-order valence-corrected chi connectivity index (χ4v) is 4.40. The highest BCUT2D eigenvalue weighted by molar-refractivity contribution is 5.87. The van der Waals surface area contributed by atoms with Gasteiger partial charge in [-0.2, -0.15) is 0 Å². The van der Waals surface area contributed by atoms with Crippen LogP contribution in [0.5, 0.6) is 17.2 Å². The summed E-state index contributed by atoms with van der Waals surface area (Å²) in [6.45, 7) is 2.22. The van der Waals surface area contributed by atoms with Crippen molar-refractivity contribution in [3.63, 3.8) is 0 Å². The van der Waals surface area contributed by atoms with Crippen molar-refractivity contribution in [1.29, 1.82) is 5.41 Å². The van der Waals surface area contributed by atoms with Gasteiger partial charge in [0.25, 0.3) is 0 Å². The van der Waals surface area contributed by atoms with E-state index in [1.807, 2.05) is 49.4 Å². The van der Waals surface area contributed by atoms with Gasteiger partial charge in [-0.15, -0.1) is 12.4 Å². The lowest BCUT2D eigenvalue weighted by Gasteiger charge is -2.13. The fraction of sp³-hybridized carbons (Fsp3) is 0.214. The van der Waals surface area contributed by atoms with Crippen molar-refractivity contribution in [1.82, 2.24) is 0 Å². The molecule has 1 aromatic heterocycles. The van der Waals surface area contributed by atoms with Gasteiger partial charge in [-0.1, -0.05) is 30.3 Å². The second-order valence-corrected chi connectivity index (χ2v) is 8.92. The fourth-order valence-electron chi connectivity index (χ4n) is 4.40. The molecule has 36 heavy (non-hydrogen) atoms. The number of hydrogen-bond donors (Lipinski definition) is 2. The molecular weight excluding hydrogens is 480 g/mol. The zero-order chi connectivity index (χ0) is 23.9. The zero-order valence-electron chi connectivity index (χ0n) is 19.6. The number of rotatable bonds is 7. The van der Waals surface area contributed by atoms with Crippen LogP contribution in [0, 0.1) is 11.3 Å². The average Bonchev–Trinajstić information content (AvgIpc) is 3.49. The van der Waals surface area contributed by atoms with Crippen LogP contribution in [0.25, 0.3) is 22.3 Å². The molecule has 2 atom stereocenters. The SMILES string of the molecule is CC(=N)C1CC1Nc1ccc2oc(-c3ccc4c(c3)OCO4)c(OCc3ccccc3)c(=O)c2c1.Cl. The lowest BCUT2D eigenvalue weighted by molar-refractivity contribution is 0.174. The Balaban J connectivity index is 0.00000267. The Morgan fingerprint density at radius 2 is 1.86 bits per heavy atom. The highest BCUT2D eigenvalue weighted by Gasteiger charge is 2.38. The molecular formula is C28H25ClN2O5. The van der Waals surface area contributed by atoms with Crippen LogP contribution in [0.4, 0.5) is 5.69 Å². The van der Waals surface area contributed by atoms with Gasteiger partial charge in [0, 0.05) is 28.9 Å². The number of benzene rings is 3. The van der Waals surface area contributed by atoms with Gasteiger partial charge in [-0.05, 0) is 55.3 Å². The Morgan fingerprint density at radius 1 is 1.06 bits per heavy atom. The third-order valence-electron chi connectivity index (χ3n) is 6.41. The summed E-state index contributed by atoms with van der Waals surface area (Å²) in [6, 6.07) is 20.8. The Hall–Kier alpha value is -3.97. The molecule has 2 N–H and O–H groups in total. The van der Waals surface area contributed by atoms with Crippen molar-refractivity contribution in [2.75, 3.05) is 12.1 Å². The Morgan fingerprint density at radius 3 is 2.64 bits per heavy atom. The van der Waals surface area contributed by atoms with Crippen molar-refractivity contribution in [2.24, 2.45) is 5.92 Å². The minimum absolute atomic E-state index is 0. The molecule has 0 spiro atoms. The molecule has 1 aliphatic heterocycles. The number of halogens is 1. The smallest absolute Gasteiger partial charge is 0.235 e. The highest BCUT2D eigenvalue weighted by Crippen LogP contribution is 2.40. The second kappa shape index (κ2) is 9.59. The first-order valence-corrected chi connectivity index (χ1v) is 11.6. The molecule has 1 saturated carbocycles. The van der Waals surface area contributed by atoms with Crippen LogP contribution in [-0.2, 0) is 6.61 Å². The summed E-state index contributed by atoms with van der Waals surface area (Å²) in [5.41, 5.74) is 3.34. The van der Waals surface area contributed by atoms with Crippen LogP contribution < -0.4 is 25.0 Å². The first kappa shape index (κ1) is 23.8. The number of fused-ring (bicyclic) bond motifs is 2. The van der Waals surface area contributed by atoms with E-state index in [4.69, 9.17) is 24.0 Å². The number of nitrogens with one attached hydrogen (secondary N) is 2. The van der Waals surface area contributed by atoms with Gasteiger partial charge in [-0.3, -0.25) is 4.79 Å². The van der Waals surface area contributed by atoms with E-state index in [0.29, 0.717) is 39.5 Å². The molecule has 7 nitrogen and oxygen atoms in total. The van der Waals surface area contributed by atoms with Crippen LogP contribution in [0.1, 0.15) is 18.9 Å².